The van der Waals surface area contributed by atoms with E-state index < -0.39 is 27.8 Å². The Labute approximate surface area is 145 Å². The Morgan fingerprint density at radius 3 is 2.35 bits per heavy atom. The number of alkyl halides is 3. The molecule has 23 heavy (non-hydrogen) atoms. The third-order valence-electron chi connectivity index (χ3n) is 2.46. The van der Waals surface area contributed by atoms with Crippen LogP contribution in [0.5, 0.6) is 0 Å². The van der Waals surface area contributed by atoms with E-state index in [1.165, 1.54) is 6.92 Å². The molecule has 128 valence electrons. The van der Waals surface area contributed by atoms with Crippen LogP contribution in [0, 0.1) is 0 Å². The molecule has 3 nitrogen and oxygen atoms in total. The smallest absolute Gasteiger partial charge is 0.416 e. The van der Waals surface area contributed by atoms with E-state index in [9.17, 15) is 22.5 Å². The van der Waals surface area contributed by atoms with E-state index in [0.29, 0.717) is 11.8 Å². The lowest BCUT2D eigenvalue weighted by Gasteiger charge is -2.18. The number of benzene rings is 1. The predicted molar refractivity (Wildman–Crippen MR) is 88.5 cm³/mol. The second-order valence-electron chi connectivity index (χ2n) is 5.56. The number of carbonyl (C=O) groups is 1. The Morgan fingerprint density at radius 2 is 1.91 bits per heavy atom. The molecule has 1 aromatic rings. The molecule has 0 radical (unpaired) electrons. The topological polar surface area (TPSA) is 52.5 Å². The van der Waals surface area contributed by atoms with Crippen molar-refractivity contribution >= 4 is 46.1 Å². The molecular formula is C14H15ClF3NO2S2. The van der Waals surface area contributed by atoms with Gasteiger partial charge in [-0.05, 0) is 44.7 Å². The van der Waals surface area contributed by atoms with Crippen molar-refractivity contribution in [3.05, 3.63) is 28.3 Å². The van der Waals surface area contributed by atoms with Crippen LogP contribution in [0.4, 0.5) is 13.2 Å². The number of halogens is 4. The van der Waals surface area contributed by atoms with Crippen molar-refractivity contribution in [2.75, 3.05) is 0 Å². The normalized spacial score (nSPS) is 14.3. The summed E-state index contributed by atoms with van der Waals surface area (Å²) in [6.45, 7) is 6.33. The van der Waals surface area contributed by atoms with Crippen molar-refractivity contribution in [2.45, 2.75) is 43.5 Å². The molecular weight excluding hydrogens is 371 g/mol. The fraction of sp³-hybridized carbons (Fsp3) is 0.429. The van der Waals surface area contributed by atoms with Crippen LogP contribution in [0.15, 0.2) is 21.4 Å². The molecule has 0 amide bonds. The Bertz CT molecular complexity index is 628. The van der Waals surface area contributed by atoms with Gasteiger partial charge in [0.1, 0.15) is 16.1 Å². The minimum atomic E-state index is -4.59. The highest BCUT2D eigenvalue weighted by Crippen LogP contribution is 2.37. The van der Waals surface area contributed by atoms with Gasteiger partial charge in [0, 0.05) is 17.4 Å². The Morgan fingerprint density at radius 1 is 1.35 bits per heavy atom. The summed E-state index contributed by atoms with van der Waals surface area (Å²) in [6.07, 6.45) is -3.53. The number of nitrogens with zero attached hydrogens (tertiary/aromatic N) is 1. The molecule has 0 saturated heterocycles. The highest BCUT2D eigenvalue weighted by Gasteiger charge is 2.32. The maximum atomic E-state index is 12.9. The lowest BCUT2D eigenvalue weighted by atomic mass is 10.1. The summed E-state index contributed by atoms with van der Waals surface area (Å²) in [4.78, 5) is 11.4. The van der Waals surface area contributed by atoms with Gasteiger partial charge in [0.05, 0.1) is 16.8 Å². The summed E-state index contributed by atoms with van der Waals surface area (Å²) in [5.41, 5.74) is -0.957. The molecule has 0 aliphatic heterocycles. The lowest BCUT2D eigenvalue weighted by molar-refractivity contribution is -0.137. The Kier molecular flexibility index (Phi) is 6.60. The number of hydrogen-bond acceptors (Lipinski definition) is 4. The molecule has 1 rings (SSSR count). The Balaban J connectivity index is 3.38. The first kappa shape index (κ1) is 20.3. The minimum absolute atomic E-state index is 0.00243. The molecule has 0 fully saturated rings. The largest absolute Gasteiger partial charge is 0.591 e. The molecule has 0 aliphatic carbocycles. The third kappa shape index (κ3) is 6.02. The maximum Gasteiger partial charge on any atom is 0.416 e. The predicted octanol–water partition coefficient (Wildman–Crippen LogP) is 4.88. The van der Waals surface area contributed by atoms with Gasteiger partial charge in [-0.2, -0.15) is 13.2 Å². The van der Waals surface area contributed by atoms with E-state index in [4.69, 9.17) is 11.6 Å². The second kappa shape index (κ2) is 7.46. The van der Waals surface area contributed by atoms with Crippen molar-refractivity contribution in [3.8, 4) is 0 Å². The average molecular weight is 386 g/mol. The first-order valence-corrected chi connectivity index (χ1v) is 8.67. The Hall–Kier alpha value is -0.700. The second-order valence-corrected chi connectivity index (χ2v) is 9.09. The van der Waals surface area contributed by atoms with Crippen molar-refractivity contribution in [1.29, 1.82) is 0 Å². The van der Waals surface area contributed by atoms with Gasteiger partial charge in [0.25, 0.3) is 0 Å². The highest BCUT2D eigenvalue weighted by molar-refractivity contribution is 8.13. The van der Waals surface area contributed by atoms with E-state index in [1.54, 1.807) is 20.8 Å². The highest BCUT2D eigenvalue weighted by atomic mass is 35.5. The fourth-order valence-corrected chi connectivity index (χ4v) is 2.93. The van der Waals surface area contributed by atoms with Gasteiger partial charge in [-0.25, -0.2) is 0 Å². The summed E-state index contributed by atoms with van der Waals surface area (Å²) >= 11 is 4.94. The maximum absolute atomic E-state index is 12.9. The van der Waals surface area contributed by atoms with E-state index >= 15 is 0 Å². The molecule has 0 N–H and O–H groups in total. The summed E-state index contributed by atoms with van der Waals surface area (Å²) in [7, 11) is 0. The lowest BCUT2D eigenvalue weighted by Crippen LogP contribution is -2.25. The van der Waals surface area contributed by atoms with Gasteiger partial charge in [-0.15, -0.1) is 0 Å². The summed E-state index contributed by atoms with van der Waals surface area (Å²) in [6, 6.07) is 1.59. The van der Waals surface area contributed by atoms with Gasteiger partial charge < -0.3 is 4.55 Å². The van der Waals surface area contributed by atoms with Crippen LogP contribution in [0.3, 0.4) is 0 Å². The molecule has 0 saturated carbocycles. The van der Waals surface area contributed by atoms with Crippen molar-refractivity contribution in [3.63, 3.8) is 0 Å². The van der Waals surface area contributed by atoms with Gasteiger partial charge in [0.2, 0.25) is 0 Å². The number of carbonyl (C=O) groups excluding carboxylic acids is 1. The van der Waals surface area contributed by atoms with Gasteiger partial charge in [-0.3, -0.25) is 4.79 Å². The molecule has 1 aromatic carbocycles. The molecule has 9 heteroatoms. The van der Waals surface area contributed by atoms with E-state index in [0.717, 1.165) is 18.3 Å². The van der Waals surface area contributed by atoms with Crippen LogP contribution in [0.1, 0.15) is 38.8 Å². The molecule has 0 aromatic heterocycles. The van der Waals surface area contributed by atoms with Gasteiger partial charge >= 0.3 is 6.18 Å². The number of rotatable bonds is 3. The molecule has 0 spiro atoms. The number of hydrogen-bond donors (Lipinski definition) is 0. The fourth-order valence-electron chi connectivity index (χ4n) is 1.39. The minimum Gasteiger partial charge on any atom is -0.591 e. The molecule has 0 bridgehead atoms. The first-order valence-electron chi connectivity index (χ1n) is 6.37. The van der Waals surface area contributed by atoms with Crippen LogP contribution in [-0.2, 0) is 22.3 Å². The SMILES string of the molecule is CC(=O)Sc1c(Cl)cc(C(F)(F)F)cc1C=N[S+]([O-])C(C)(C)C. The summed E-state index contributed by atoms with van der Waals surface area (Å²) in [5.74, 6) is 0. The zero-order valence-corrected chi connectivity index (χ0v) is 15.2. The zero-order chi connectivity index (χ0) is 18.0. The zero-order valence-electron chi connectivity index (χ0n) is 12.8. The van der Waals surface area contributed by atoms with Crippen molar-refractivity contribution < 1.29 is 22.5 Å². The van der Waals surface area contributed by atoms with E-state index in [-0.39, 0.29) is 20.6 Å². The van der Waals surface area contributed by atoms with Gasteiger partial charge in [-0.1, -0.05) is 16.0 Å². The summed E-state index contributed by atoms with van der Waals surface area (Å²) in [5, 5.41) is -0.540. The first-order chi connectivity index (χ1) is 10.3. The summed E-state index contributed by atoms with van der Waals surface area (Å²) < 4.78 is 53.7. The van der Waals surface area contributed by atoms with Crippen molar-refractivity contribution in [2.24, 2.45) is 4.40 Å². The molecule has 0 heterocycles. The third-order valence-corrected chi connectivity index (χ3v) is 5.16. The van der Waals surface area contributed by atoms with Crippen LogP contribution in [0.25, 0.3) is 0 Å². The van der Waals surface area contributed by atoms with Crippen molar-refractivity contribution in [1.82, 2.24) is 0 Å². The quantitative estimate of drug-likeness (QED) is 0.423. The number of thioether (sulfide) groups is 1. The van der Waals surface area contributed by atoms with E-state index in [1.807, 2.05) is 0 Å². The van der Waals surface area contributed by atoms with E-state index in [2.05, 4.69) is 4.40 Å². The van der Waals surface area contributed by atoms with Crippen LogP contribution in [0.2, 0.25) is 5.02 Å². The van der Waals surface area contributed by atoms with Crippen LogP contribution >= 0.6 is 23.4 Å². The molecule has 1 atom stereocenters. The standard InChI is InChI=1S/C14H15ClF3NO2S2/c1-8(20)22-12-9(7-19-23(21)13(2,3)4)5-10(6-11(12)15)14(16,17)18/h5-7H,1-4H3. The van der Waals surface area contributed by atoms with Gasteiger partial charge in [0.15, 0.2) is 5.12 Å². The van der Waals surface area contributed by atoms with Crippen LogP contribution in [-0.4, -0.2) is 20.6 Å². The average Bonchev–Trinajstić information content (AvgIpc) is 2.35. The molecule has 1 unspecified atom stereocenters. The monoisotopic (exact) mass is 385 g/mol. The molecule has 0 aliphatic rings. The van der Waals surface area contributed by atoms with Crippen LogP contribution < -0.4 is 0 Å².